The molecule has 0 saturated carbocycles. The average molecular weight is 817 g/mol. The third-order valence-electron chi connectivity index (χ3n) is 8.78. The van der Waals surface area contributed by atoms with E-state index in [-0.39, 0.29) is 73.3 Å². The number of hydrogen-bond donors (Lipinski definition) is 0. The third-order valence-corrected chi connectivity index (χ3v) is 10.2. The van der Waals surface area contributed by atoms with Gasteiger partial charge < -0.3 is 23.7 Å². The van der Waals surface area contributed by atoms with Crippen LogP contribution in [0.15, 0.2) is 104 Å². The number of benzene rings is 3. The fraction of sp³-hybridized carbons (Fsp3) is 0.286. The molecule has 12 nitrogen and oxygen atoms in total. The van der Waals surface area contributed by atoms with Crippen LogP contribution in [0.4, 0.5) is 13.2 Å². The lowest BCUT2D eigenvalue weighted by Gasteiger charge is -2.40. The van der Waals surface area contributed by atoms with Crippen molar-refractivity contribution >= 4 is 35.7 Å². The maximum atomic E-state index is 15.9. The van der Waals surface area contributed by atoms with Gasteiger partial charge in [0.2, 0.25) is 0 Å². The van der Waals surface area contributed by atoms with E-state index in [2.05, 4.69) is 16.7 Å². The highest BCUT2D eigenvalue weighted by Crippen LogP contribution is 2.42. The second-order valence-electron chi connectivity index (χ2n) is 12.8. The number of ether oxygens (including phenoxy) is 5. The number of nitriles is 1. The van der Waals surface area contributed by atoms with Crippen molar-refractivity contribution in [3.8, 4) is 6.07 Å². The molecule has 1 aliphatic rings. The number of nitrogens with zero attached hydrogens (tertiary/aromatic N) is 4. The Morgan fingerprint density at radius 3 is 2.48 bits per heavy atom. The van der Waals surface area contributed by atoms with Gasteiger partial charge in [-0.25, -0.2) is 27.6 Å². The molecule has 0 spiro atoms. The first-order valence-corrected chi connectivity index (χ1v) is 18.9. The molecule has 58 heavy (non-hydrogen) atoms. The van der Waals surface area contributed by atoms with E-state index in [9.17, 15) is 23.2 Å². The van der Waals surface area contributed by atoms with E-state index < -0.39 is 52.5 Å². The molecule has 1 aromatic heterocycles. The second kappa shape index (κ2) is 20.9. The van der Waals surface area contributed by atoms with E-state index >= 15 is 4.39 Å². The first-order chi connectivity index (χ1) is 28.0. The Labute approximate surface area is 336 Å². The fourth-order valence-electron chi connectivity index (χ4n) is 5.85. The summed E-state index contributed by atoms with van der Waals surface area (Å²) in [6.07, 6.45) is 9.26. The molecule has 0 amide bonds. The van der Waals surface area contributed by atoms with Crippen molar-refractivity contribution in [2.45, 2.75) is 55.3 Å². The SMILES string of the molecule is C=CCOC(=O)CCC(=O)OCc1ccccc1C(=O)O[C@@](Cn1cncn1)(c1ccc(F)cc1F)[C@@H](C)S[C@H]1CO[C@H](/C=C/C=C/c2ccc(C#N)cc2F)OC1. The largest absolute Gasteiger partial charge is 0.461 e. The van der Waals surface area contributed by atoms with Crippen molar-refractivity contribution in [3.63, 3.8) is 0 Å². The molecular weight excluding hydrogens is 778 g/mol. The zero-order chi connectivity index (χ0) is 41.5. The van der Waals surface area contributed by atoms with Gasteiger partial charge in [-0.3, -0.25) is 9.59 Å². The second-order valence-corrected chi connectivity index (χ2v) is 14.5. The minimum atomic E-state index is -1.84. The summed E-state index contributed by atoms with van der Waals surface area (Å²) in [5.74, 6) is -4.54. The molecule has 16 heteroatoms. The molecule has 1 aliphatic heterocycles. The molecule has 5 rings (SSSR count). The maximum absolute atomic E-state index is 15.9. The predicted molar refractivity (Wildman–Crippen MR) is 206 cm³/mol. The topological polar surface area (TPSA) is 152 Å². The number of rotatable bonds is 18. The van der Waals surface area contributed by atoms with Crippen molar-refractivity contribution in [1.82, 2.24) is 14.8 Å². The number of halogens is 3. The summed E-state index contributed by atoms with van der Waals surface area (Å²) in [4.78, 5) is 42.5. The molecular formula is C42H39F3N4O8S. The van der Waals surface area contributed by atoms with Crippen LogP contribution in [0.5, 0.6) is 0 Å². The van der Waals surface area contributed by atoms with Crippen molar-refractivity contribution in [2.75, 3.05) is 19.8 Å². The highest BCUT2D eigenvalue weighted by Gasteiger charge is 2.47. The van der Waals surface area contributed by atoms with Crippen LogP contribution in [0.25, 0.3) is 6.08 Å². The lowest BCUT2D eigenvalue weighted by Crippen LogP contribution is -2.47. The van der Waals surface area contributed by atoms with Gasteiger partial charge in [-0.2, -0.15) is 10.4 Å². The number of aromatic nitrogens is 3. The third kappa shape index (κ3) is 11.8. The van der Waals surface area contributed by atoms with Crippen LogP contribution in [0, 0.1) is 28.8 Å². The Morgan fingerprint density at radius 1 is 1.03 bits per heavy atom. The molecule has 3 aromatic carbocycles. The molecule has 1 saturated heterocycles. The Balaban J connectivity index is 1.33. The van der Waals surface area contributed by atoms with Crippen molar-refractivity contribution in [2.24, 2.45) is 0 Å². The first-order valence-electron chi connectivity index (χ1n) is 18.0. The monoisotopic (exact) mass is 816 g/mol. The van der Waals surface area contributed by atoms with Gasteiger partial charge in [0.25, 0.3) is 0 Å². The summed E-state index contributed by atoms with van der Waals surface area (Å²) in [5, 5.41) is 12.0. The molecule has 0 N–H and O–H groups in total. The number of hydrogen-bond acceptors (Lipinski definition) is 12. The summed E-state index contributed by atoms with van der Waals surface area (Å²) in [6, 6.07) is 15.3. The van der Waals surface area contributed by atoms with Crippen molar-refractivity contribution in [1.29, 1.82) is 5.26 Å². The van der Waals surface area contributed by atoms with Crippen LogP contribution in [-0.4, -0.2) is 69.3 Å². The van der Waals surface area contributed by atoms with Crippen LogP contribution in [0.2, 0.25) is 0 Å². The maximum Gasteiger partial charge on any atom is 0.339 e. The van der Waals surface area contributed by atoms with E-state index in [0.29, 0.717) is 11.6 Å². The molecule has 1 fully saturated rings. The zero-order valence-corrected chi connectivity index (χ0v) is 32.1. The van der Waals surface area contributed by atoms with Gasteiger partial charge >= 0.3 is 17.9 Å². The van der Waals surface area contributed by atoms with Crippen LogP contribution in [-0.2, 0) is 52.0 Å². The quantitative estimate of drug-likeness (QED) is 0.0440. The Morgan fingerprint density at radius 2 is 1.79 bits per heavy atom. The zero-order valence-electron chi connectivity index (χ0n) is 31.3. The normalized spacial score (nSPS) is 16.9. The standard InChI is InChI=1S/C42H39F3N4O8S/c1-3-18-53-38(50)16-17-39(51)54-22-31-9-4-6-10-34(31)41(52)57-42(25-49-27-47-26-48-49,35-15-14-32(43)20-37(35)45)28(2)58-33-23-55-40(56-24-33)11-7-5-8-30-13-12-29(21-46)19-36(30)44/h3-15,19-20,26-28,33,40H,1,16-18,22-25H2,2H3/b8-5+,11-7+/t28-,33-,40-,42-/m1/s1. The van der Waals surface area contributed by atoms with Gasteiger partial charge in [-0.05, 0) is 43.3 Å². The van der Waals surface area contributed by atoms with E-state index in [1.54, 1.807) is 49.4 Å². The molecule has 0 bridgehead atoms. The van der Waals surface area contributed by atoms with Crippen LogP contribution < -0.4 is 0 Å². The smallest absolute Gasteiger partial charge is 0.339 e. The number of carbonyl (C=O) groups is 3. The van der Waals surface area contributed by atoms with Crippen LogP contribution in [0.3, 0.4) is 0 Å². The molecule has 0 aliphatic carbocycles. The van der Waals surface area contributed by atoms with Crippen LogP contribution >= 0.6 is 11.8 Å². The van der Waals surface area contributed by atoms with E-state index in [0.717, 1.165) is 12.1 Å². The molecule has 0 unspecified atom stereocenters. The first kappa shape index (κ1) is 43.1. The number of esters is 3. The lowest BCUT2D eigenvalue weighted by atomic mass is 9.89. The highest BCUT2D eigenvalue weighted by atomic mass is 32.2. The molecule has 2 atom stereocenters. The predicted octanol–water partition coefficient (Wildman–Crippen LogP) is 7.00. The minimum Gasteiger partial charge on any atom is -0.461 e. The highest BCUT2D eigenvalue weighted by molar-refractivity contribution is 8.00. The van der Waals surface area contributed by atoms with E-state index in [1.807, 2.05) is 6.07 Å². The lowest BCUT2D eigenvalue weighted by molar-refractivity contribution is -0.150. The van der Waals surface area contributed by atoms with Gasteiger partial charge in [0.15, 0.2) is 11.9 Å². The van der Waals surface area contributed by atoms with Gasteiger partial charge in [0.1, 0.15) is 43.3 Å². The Bertz CT molecular complexity index is 2170. The van der Waals surface area contributed by atoms with Crippen molar-refractivity contribution < 1.29 is 51.2 Å². The summed E-state index contributed by atoms with van der Waals surface area (Å²) in [5.41, 5.74) is -1.17. The summed E-state index contributed by atoms with van der Waals surface area (Å²) >= 11 is 1.29. The Hall–Kier alpha value is -6.02. The molecule has 0 radical (unpaired) electrons. The number of carbonyl (C=O) groups excluding carboxylic acids is 3. The minimum absolute atomic E-state index is 0.00747. The van der Waals surface area contributed by atoms with Crippen LogP contribution in [0.1, 0.15) is 52.4 Å². The summed E-state index contributed by atoms with van der Waals surface area (Å²) < 4.78 is 74.3. The van der Waals surface area contributed by atoms with Gasteiger partial charge in [-0.1, -0.05) is 55.1 Å². The van der Waals surface area contributed by atoms with Gasteiger partial charge in [0.05, 0.1) is 55.0 Å². The average Bonchev–Trinajstić information content (AvgIpc) is 3.73. The Kier molecular flexibility index (Phi) is 15.6. The van der Waals surface area contributed by atoms with E-state index in [4.69, 9.17) is 28.9 Å². The molecule has 302 valence electrons. The number of allylic oxidation sites excluding steroid dienone is 2. The molecule has 2 heterocycles. The summed E-state index contributed by atoms with van der Waals surface area (Å²) in [7, 11) is 0. The van der Waals surface area contributed by atoms with Gasteiger partial charge in [0, 0.05) is 28.0 Å². The van der Waals surface area contributed by atoms with E-state index in [1.165, 1.54) is 59.4 Å². The number of thioether (sulfide) groups is 1. The van der Waals surface area contributed by atoms with Crippen molar-refractivity contribution in [3.05, 3.63) is 149 Å². The summed E-state index contributed by atoms with van der Waals surface area (Å²) in [6.45, 7) is 4.98. The fourth-order valence-corrected chi connectivity index (χ4v) is 7.21. The van der Waals surface area contributed by atoms with Gasteiger partial charge in [-0.15, -0.1) is 11.8 Å². The molecule has 4 aromatic rings.